The molecule has 0 spiro atoms. The van der Waals surface area contributed by atoms with Gasteiger partial charge < -0.3 is 10.1 Å². The maximum Gasteiger partial charge on any atom is 0.251 e. The van der Waals surface area contributed by atoms with Gasteiger partial charge in [-0.2, -0.15) is 0 Å². The molecule has 0 fully saturated rings. The van der Waals surface area contributed by atoms with Crippen molar-refractivity contribution in [3.8, 4) is 11.5 Å². The summed E-state index contributed by atoms with van der Waals surface area (Å²) in [5.74, 6) is 0.650. The Kier molecular flexibility index (Phi) is 4.87. The van der Waals surface area contributed by atoms with E-state index in [0.29, 0.717) is 22.6 Å². The number of rotatable bonds is 5. The number of carbonyl (C=O) groups is 1. The summed E-state index contributed by atoms with van der Waals surface area (Å²) in [6.07, 6.45) is 0. The van der Waals surface area contributed by atoms with E-state index in [0.717, 1.165) is 0 Å². The van der Waals surface area contributed by atoms with Crippen LogP contribution in [0.3, 0.4) is 0 Å². The fraction of sp³-hybridized carbons (Fsp3) is 0.0500. The summed E-state index contributed by atoms with van der Waals surface area (Å²) in [7, 11) is 0. The molecule has 1 N–H and O–H groups in total. The van der Waals surface area contributed by atoms with Crippen LogP contribution in [0.5, 0.6) is 11.5 Å². The Morgan fingerprint density at radius 1 is 0.875 bits per heavy atom. The molecule has 0 aliphatic carbocycles. The average molecular weight is 321 g/mol. The third-order valence-corrected chi connectivity index (χ3v) is 3.47. The zero-order chi connectivity index (χ0) is 16.8. The molecule has 0 saturated carbocycles. The molecule has 3 aromatic carbocycles. The monoisotopic (exact) mass is 321 g/mol. The first kappa shape index (κ1) is 15.7. The van der Waals surface area contributed by atoms with Gasteiger partial charge in [-0.05, 0) is 36.4 Å². The van der Waals surface area contributed by atoms with Gasteiger partial charge in [0.2, 0.25) is 0 Å². The van der Waals surface area contributed by atoms with Crippen molar-refractivity contribution >= 4 is 5.91 Å². The van der Waals surface area contributed by atoms with Crippen molar-refractivity contribution in [1.29, 1.82) is 0 Å². The third kappa shape index (κ3) is 3.98. The Balaban J connectivity index is 1.67. The van der Waals surface area contributed by atoms with Gasteiger partial charge >= 0.3 is 0 Å². The topological polar surface area (TPSA) is 38.3 Å². The number of hydrogen-bond acceptors (Lipinski definition) is 2. The first-order chi connectivity index (χ1) is 11.7. The Morgan fingerprint density at radius 3 is 2.38 bits per heavy atom. The van der Waals surface area contributed by atoms with E-state index in [1.54, 1.807) is 42.5 Å². The van der Waals surface area contributed by atoms with Crippen molar-refractivity contribution in [3.05, 3.63) is 95.8 Å². The first-order valence-electron chi connectivity index (χ1n) is 7.57. The fourth-order valence-electron chi connectivity index (χ4n) is 2.24. The Labute approximate surface area is 139 Å². The Morgan fingerprint density at radius 2 is 1.58 bits per heavy atom. The highest BCUT2D eigenvalue weighted by Crippen LogP contribution is 2.21. The van der Waals surface area contributed by atoms with Crippen LogP contribution in [0.4, 0.5) is 4.39 Å². The predicted octanol–water partition coefficient (Wildman–Crippen LogP) is 4.55. The number of para-hydroxylation sites is 1. The van der Waals surface area contributed by atoms with Crippen LogP contribution >= 0.6 is 0 Å². The summed E-state index contributed by atoms with van der Waals surface area (Å²) in [5, 5.41) is 2.71. The standard InChI is InChI=1S/C20H16FNO2/c21-19-12-5-4-7-16(19)14-22-20(23)15-8-6-11-18(13-15)24-17-9-2-1-3-10-17/h1-13H,14H2,(H,22,23). The van der Waals surface area contributed by atoms with E-state index >= 15 is 0 Å². The molecule has 120 valence electrons. The molecule has 0 unspecified atom stereocenters. The number of nitrogens with one attached hydrogen (secondary N) is 1. The minimum Gasteiger partial charge on any atom is -0.457 e. The lowest BCUT2D eigenvalue weighted by Crippen LogP contribution is -2.23. The summed E-state index contributed by atoms with van der Waals surface area (Å²) in [5.41, 5.74) is 0.905. The van der Waals surface area contributed by atoms with Crippen molar-refractivity contribution in [2.24, 2.45) is 0 Å². The van der Waals surface area contributed by atoms with Gasteiger partial charge in [0.25, 0.3) is 5.91 Å². The molecule has 0 heterocycles. The van der Waals surface area contributed by atoms with Crippen LogP contribution in [0, 0.1) is 5.82 Å². The highest BCUT2D eigenvalue weighted by Gasteiger charge is 2.08. The van der Waals surface area contributed by atoms with E-state index in [2.05, 4.69) is 5.32 Å². The maximum absolute atomic E-state index is 13.6. The lowest BCUT2D eigenvalue weighted by molar-refractivity contribution is 0.0950. The second-order valence-electron chi connectivity index (χ2n) is 5.22. The van der Waals surface area contributed by atoms with Gasteiger partial charge in [0.15, 0.2) is 0 Å². The largest absolute Gasteiger partial charge is 0.457 e. The van der Waals surface area contributed by atoms with Crippen LogP contribution in [0.1, 0.15) is 15.9 Å². The molecule has 4 heteroatoms. The van der Waals surface area contributed by atoms with Crippen LogP contribution < -0.4 is 10.1 Å². The first-order valence-corrected chi connectivity index (χ1v) is 7.57. The number of hydrogen-bond donors (Lipinski definition) is 1. The van der Waals surface area contributed by atoms with Gasteiger partial charge in [-0.3, -0.25) is 4.79 Å². The van der Waals surface area contributed by atoms with E-state index in [1.807, 2.05) is 30.3 Å². The molecule has 3 rings (SSSR count). The van der Waals surface area contributed by atoms with Crippen molar-refractivity contribution in [3.63, 3.8) is 0 Å². The van der Waals surface area contributed by atoms with Gasteiger partial charge in [-0.1, -0.05) is 42.5 Å². The maximum atomic E-state index is 13.6. The second-order valence-corrected chi connectivity index (χ2v) is 5.22. The number of halogens is 1. The van der Waals surface area contributed by atoms with Gasteiger partial charge in [-0.15, -0.1) is 0 Å². The number of ether oxygens (including phenoxy) is 1. The molecule has 0 aromatic heterocycles. The van der Waals surface area contributed by atoms with Crippen LogP contribution in [0.25, 0.3) is 0 Å². The van der Waals surface area contributed by atoms with Gasteiger partial charge in [0.1, 0.15) is 17.3 Å². The quantitative estimate of drug-likeness (QED) is 0.749. The third-order valence-electron chi connectivity index (χ3n) is 3.47. The Hall–Kier alpha value is -3.14. The van der Waals surface area contributed by atoms with E-state index in [-0.39, 0.29) is 18.3 Å². The molecular formula is C20H16FNO2. The summed E-state index contributed by atoms with van der Waals surface area (Å²) < 4.78 is 19.3. The van der Waals surface area contributed by atoms with Crippen molar-refractivity contribution in [2.45, 2.75) is 6.54 Å². The van der Waals surface area contributed by atoms with Gasteiger partial charge in [0, 0.05) is 17.7 Å². The molecule has 0 aliphatic rings. The predicted molar refractivity (Wildman–Crippen MR) is 90.5 cm³/mol. The van der Waals surface area contributed by atoms with Crippen LogP contribution in [0.2, 0.25) is 0 Å². The van der Waals surface area contributed by atoms with E-state index in [9.17, 15) is 9.18 Å². The van der Waals surface area contributed by atoms with Crippen LogP contribution in [-0.4, -0.2) is 5.91 Å². The summed E-state index contributed by atoms with van der Waals surface area (Å²) in [6, 6.07) is 22.6. The van der Waals surface area contributed by atoms with Crippen LogP contribution in [-0.2, 0) is 6.54 Å². The van der Waals surface area contributed by atoms with Crippen LogP contribution in [0.15, 0.2) is 78.9 Å². The van der Waals surface area contributed by atoms with Gasteiger partial charge in [-0.25, -0.2) is 4.39 Å². The van der Waals surface area contributed by atoms with Crippen molar-refractivity contribution in [1.82, 2.24) is 5.32 Å². The zero-order valence-electron chi connectivity index (χ0n) is 12.9. The summed E-state index contributed by atoms with van der Waals surface area (Å²) in [6.45, 7) is 0.134. The van der Waals surface area contributed by atoms with Crippen molar-refractivity contribution < 1.29 is 13.9 Å². The molecule has 0 aliphatic heterocycles. The zero-order valence-corrected chi connectivity index (χ0v) is 12.9. The van der Waals surface area contributed by atoms with E-state index < -0.39 is 0 Å². The molecular weight excluding hydrogens is 305 g/mol. The molecule has 3 nitrogen and oxygen atoms in total. The molecule has 0 radical (unpaired) electrons. The smallest absolute Gasteiger partial charge is 0.251 e. The molecule has 0 saturated heterocycles. The fourth-order valence-corrected chi connectivity index (χ4v) is 2.24. The van der Waals surface area contributed by atoms with Gasteiger partial charge in [0.05, 0.1) is 0 Å². The number of carbonyl (C=O) groups excluding carboxylic acids is 1. The number of benzene rings is 3. The highest BCUT2D eigenvalue weighted by atomic mass is 19.1. The summed E-state index contributed by atoms with van der Waals surface area (Å²) >= 11 is 0. The minimum absolute atomic E-state index is 0.134. The normalized spacial score (nSPS) is 10.2. The molecule has 24 heavy (non-hydrogen) atoms. The van der Waals surface area contributed by atoms with E-state index in [4.69, 9.17) is 4.74 Å². The molecule has 3 aromatic rings. The SMILES string of the molecule is O=C(NCc1ccccc1F)c1cccc(Oc2ccccc2)c1. The average Bonchev–Trinajstić information content (AvgIpc) is 2.62. The molecule has 0 bridgehead atoms. The second kappa shape index (κ2) is 7.42. The lowest BCUT2D eigenvalue weighted by Gasteiger charge is -2.09. The van der Waals surface area contributed by atoms with E-state index in [1.165, 1.54) is 6.07 Å². The lowest BCUT2D eigenvalue weighted by atomic mass is 10.1. The molecule has 1 amide bonds. The Bertz CT molecular complexity index is 834. The van der Waals surface area contributed by atoms with Crippen molar-refractivity contribution in [2.75, 3.05) is 0 Å². The minimum atomic E-state index is -0.334. The molecule has 0 atom stereocenters. The number of amides is 1. The highest BCUT2D eigenvalue weighted by molar-refractivity contribution is 5.94. The summed E-state index contributed by atoms with van der Waals surface area (Å²) in [4.78, 5) is 12.2.